The molecule has 0 saturated carbocycles. The van der Waals surface area contributed by atoms with Gasteiger partial charge in [-0.3, -0.25) is 0 Å². The summed E-state index contributed by atoms with van der Waals surface area (Å²) in [5.74, 6) is 0. The molecule has 0 N–H and O–H groups in total. The predicted molar refractivity (Wildman–Crippen MR) is 61.8 cm³/mol. The Morgan fingerprint density at radius 3 is 2.46 bits per heavy atom. The number of aromatic nitrogens is 2. The van der Waals surface area contributed by atoms with E-state index < -0.39 is 0 Å². The molecule has 0 fully saturated rings. The van der Waals surface area contributed by atoms with Crippen LogP contribution in [0, 0.1) is 0 Å². The van der Waals surface area contributed by atoms with Gasteiger partial charge in [0, 0.05) is 7.11 Å². The number of ether oxygens (including phenoxy) is 1. The van der Waals surface area contributed by atoms with Crippen LogP contribution in [0.4, 0.5) is 0 Å². The van der Waals surface area contributed by atoms with Crippen molar-refractivity contribution in [1.82, 2.24) is 9.55 Å². The van der Waals surface area contributed by atoms with Gasteiger partial charge in [0.25, 0.3) is 0 Å². The van der Waals surface area contributed by atoms with Crippen LogP contribution in [-0.4, -0.2) is 22.8 Å². The van der Waals surface area contributed by atoms with Crippen molar-refractivity contribution in [3.8, 4) is 0 Å². The van der Waals surface area contributed by atoms with E-state index in [4.69, 9.17) is 4.74 Å². The summed E-state index contributed by atoms with van der Waals surface area (Å²) >= 11 is 10.1. The first-order chi connectivity index (χ1) is 6.06. The van der Waals surface area contributed by atoms with Crippen LogP contribution >= 0.6 is 47.8 Å². The van der Waals surface area contributed by atoms with E-state index in [0.717, 1.165) is 20.5 Å². The molecule has 1 atom stereocenters. The van der Waals surface area contributed by atoms with Crippen LogP contribution in [0.15, 0.2) is 13.9 Å². The Morgan fingerprint density at radius 2 is 2.08 bits per heavy atom. The topological polar surface area (TPSA) is 27.1 Å². The summed E-state index contributed by atoms with van der Waals surface area (Å²) in [5, 5.41) is 0. The molecule has 0 aliphatic heterocycles. The average Bonchev–Trinajstić information content (AvgIpc) is 2.32. The molecule has 0 amide bonds. The Balaban J connectivity index is 2.87. The van der Waals surface area contributed by atoms with Crippen molar-refractivity contribution in [2.24, 2.45) is 0 Å². The number of hydrogen-bond acceptors (Lipinski definition) is 2. The summed E-state index contributed by atoms with van der Waals surface area (Å²) < 4.78 is 9.65. The third-order valence-electron chi connectivity index (χ3n) is 1.66. The molecular weight excluding hydrogens is 368 g/mol. The van der Waals surface area contributed by atoms with E-state index >= 15 is 0 Å². The summed E-state index contributed by atoms with van der Waals surface area (Å²) in [6, 6.07) is 0. The number of imidazole rings is 1. The standard InChI is InChI=1S/C7H9Br3N2O/c1-4(13-2)3-12-6(9)5(8)11-7(12)10/h4H,3H2,1-2H3. The predicted octanol–water partition coefficient (Wildman–Crippen LogP) is 3.21. The Bertz CT molecular complexity index is 300. The zero-order chi connectivity index (χ0) is 10.0. The van der Waals surface area contributed by atoms with E-state index in [1.165, 1.54) is 0 Å². The molecule has 3 nitrogen and oxygen atoms in total. The molecule has 0 aromatic carbocycles. The molecule has 13 heavy (non-hydrogen) atoms. The van der Waals surface area contributed by atoms with Crippen molar-refractivity contribution in [3.05, 3.63) is 13.9 Å². The van der Waals surface area contributed by atoms with Gasteiger partial charge in [0.2, 0.25) is 0 Å². The Hall–Kier alpha value is 0.610. The van der Waals surface area contributed by atoms with Crippen LogP contribution in [0.2, 0.25) is 0 Å². The largest absolute Gasteiger partial charge is 0.380 e. The first kappa shape index (κ1) is 11.7. The monoisotopic (exact) mass is 374 g/mol. The first-order valence-corrected chi connectivity index (χ1v) is 6.04. The fourth-order valence-corrected chi connectivity index (χ4v) is 2.63. The molecule has 6 heteroatoms. The lowest BCUT2D eigenvalue weighted by Crippen LogP contribution is -2.14. The van der Waals surface area contributed by atoms with Crippen molar-refractivity contribution >= 4 is 47.8 Å². The van der Waals surface area contributed by atoms with E-state index in [2.05, 4.69) is 52.8 Å². The highest BCUT2D eigenvalue weighted by Gasteiger charge is 2.13. The van der Waals surface area contributed by atoms with Crippen molar-refractivity contribution in [1.29, 1.82) is 0 Å². The Kier molecular flexibility index (Phi) is 4.41. The molecule has 0 saturated heterocycles. The molecule has 1 aromatic heterocycles. The summed E-state index contributed by atoms with van der Waals surface area (Å²) in [4.78, 5) is 4.19. The van der Waals surface area contributed by atoms with E-state index in [9.17, 15) is 0 Å². The third-order valence-corrected chi connectivity index (χ3v) is 4.16. The molecule has 0 bridgehead atoms. The van der Waals surface area contributed by atoms with E-state index in [1.807, 2.05) is 11.5 Å². The molecule has 1 heterocycles. The summed E-state index contributed by atoms with van der Waals surface area (Å²) in [6.07, 6.45) is 0.161. The van der Waals surface area contributed by atoms with Crippen molar-refractivity contribution in [2.45, 2.75) is 19.6 Å². The lowest BCUT2D eigenvalue weighted by molar-refractivity contribution is 0.102. The fraction of sp³-hybridized carbons (Fsp3) is 0.571. The van der Waals surface area contributed by atoms with Gasteiger partial charge in [0.15, 0.2) is 4.73 Å². The highest BCUT2D eigenvalue weighted by molar-refractivity contribution is 9.13. The smallest absolute Gasteiger partial charge is 0.179 e. The molecule has 1 rings (SSSR count). The van der Waals surface area contributed by atoms with Crippen LogP contribution in [0.25, 0.3) is 0 Å². The highest BCUT2D eigenvalue weighted by Crippen LogP contribution is 2.27. The number of nitrogens with zero attached hydrogens (tertiary/aromatic N) is 2. The maximum Gasteiger partial charge on any atom is 0.179 e. The van der Waals surface area contributed by atoms with Gasteiger partial charge in [-0.15, -0.1) is 0 Å². The second-order valence-electron chi connectivity index (χ2n) is 2.62. The SMILES string of the molecule is COC(C)Cn1c(Br)nc(Br)c1Br. The first-order valence-electron chi connectivity index (χ1n) is 3.66. The average molecular weight is 377 g/mol. The molecule has 0 spiro atoms. The number of rotatable bonds is 3. The van der Waals surface area contributed by atoms with Crippen molar-refractivity contribution in [3.63, 3.8) is 0 Å². The van der Waals surface area contributed by atoms with Gasteiger partial charge in [0.05, 0.1) is 12.6 Å². The van der Waals surface area contributed by atoms with Crippen LogP contribution in [0.5, 0.6) is 0 Å². The molecule has 0 radical (unpaired) electrons. The zero-order valence-corrected chi connectivity index (χ0v) is 12.0. The molecule has 74 valence electrons. The Morgan fingerprint density at radius 1 is 1.46 bits per heavy atom. The third kappa shape index (κ3) is 2.78. The quantitative estimate of drug-likeness (QED) is 0.810. The number of hydrogen-bond donors (Lipinski definition) is 0. The van der Waals surface area contributed by atoms with Gasteiger partial charge in [-0.1, -0.05) is 0 Å². The minimum atomic E-state index is 0.161. The molecule has 0 aliphatic rings. The van der Waals surface area contributed by atoms with E-state index in [-0.39, 0.29) is 6.10 Å². The van der Waals surface area contributed by atoms with Gasteiger partial charge >= 0.3 is 0 Å². The van der Waals surface area contributed by atoms with Crippen LogP contribution in [0.1, 0.15) is 6.92 Å². The normalized spacial score (nSPS) is 13.3. The van der Waals surface area contributed by atoms with Gasteiger partial charge in [-0.2, -0.15) is 0 Å². The summed E-state index contributed by atoms with van der Waals surface area (Å²) in [7, 11) is 1.69. The van der Waals surface area contributed by atoms with Crippen LogP contribution < -0.4 is 0 Å². The maximum absolute atomic E-state index is 5.17. The lowest BCUT2D eigenvalue weighted by Gasteiger charge is -2.11. The molecule has 0 aliphatic carbocycles. The van der Waals surface area contributed by atoms with Crippen LogP contribution in [0.3, 0.4) is 0 Å². The number of methoxy groups -OCH3 is 1. The van der Waals surface area contributed by atoms with Gasteiger partial charge in [0.1, 0.15) is 9.21 Å². The van der Waals surface area contributed by atoms with E-state index in [0.29, 0.717) is 0 Å². The minimum Gasteiger partial charge on any atom is -0.380 e. The van der Waals surface area contributed by atoms with Crippen molar-refractivity contribution in [2.75, 3.05) is 7.11 Å². The summed E-state index contributed by atoms with van der Waals surface area (Å²) in [5.41, 5.74) is 0. The van der Waals surface area contributed by atoms with Crippen molar-refractivity contribution < 1.29 is 4.74 Å². The maximum atomic E-state index is 5.17. The van der Waals surface area contributed by atoms with E-state index in [1.54, 1.807) is 7.11 Å². The van der Waals surface area contributed by atoms with Gasteiger partial charge in [-0.25, -0.2) is 4.98 Å². The molecular formula is C7H9Br3N2O. The number of halogens is 3. The molecule has 1 unspecified atom stereocenters. The minimum absolute atomic E-state index is 0.161. The van der Waals surface area contributed by atoms with Crippen LogP contribution in [-0.2, 0) is 11.3 Å². The molecule has 1 aromatic rings. The lowest BCUT2D eigenvalue weighted by atomic mass is 10.4. The Labute approximate surface area is 102 Å². The van der Waals surface area contributed by atoms with Gasteiger partial charge < -0.3 is 9.30 Å². The summed E-state index contributed by atoms with van der Waals surface area (Å²) in [6.45, 7) is 2.77. The fourth-order valence-electron chi connectivity index (χ4n) is 0.867. The van der Waals surface area contributed by atoms with Gasteiger partial charge in [-0.05, 0) is 54.7 Å². The highest BCUT2D eigenvalue weighted by atomic mass is 79.9. The second-order valence-corrected chi connectivity index (χ2v) is 4.83. The second kappa shape index (κ2) is 4.91. The zero-order valence-electron chi connectivity index (χ0n) is 7.22.